The van der Waals surface area contributed by atoms with Crippen molar-refractivity contribution in [2.45, 2.75) is 18.1 Å². The molecule has 4 nitrogen and oxygen atoms in total. The van der Waals surface area contributed by atoms with Crippen molar-refractivity contribution >= 4 is 33.3 Å². The molecular formula is C18H18N2O2S2. The summed E-state index contributed by atoms with van der Waals surface area (Å²) < 4.78 is 6.87. The van der Waals surface area contributed by atoms with Gasteiger partial charge in [-0.15, -0.1) is 17.9 Å². The van der Waals surface area contributed by atoms with E-state index in [9.17, 15) is 4.79 Å². The molecule has 1 aromatic carbocycles. The van der Waals surface area contributed by atoms with Gasteiger partial charge in [0.15, 0.2) is 5.16 Å². The van der Waals surface area contributed by atoms with E-state index < -0.39 is 0 Å². The molecule has 0 saturated carbocycles. The van der Waals surface area contributed by atoms with Crippen molar-refractivity contribution in [1.29, 1.82) is 0 Å². The number of nitrogens with zero attached hydrogens (tertiary/aromatic N) is 2. The summed E-state index contributed by atoms with van der Waals surface area (Å²) in [6.45, 7) is 4.22. The first-order chi connectivity index (χ1) is 11.7. The minimum Gasteiger partial charge on any atom is -0.497 e. The second-order valence-corrected chi connectivity index (χ2v) is 7.14. The molecule has 3 rings (SSSR count). The van der Waals surface area contributed by atoms with E-state index in [0.717, 1.165) is 27.9 Å². The molecule has 24 heavy (non-hydrogen) atoms. The molecule has 0 spiro atoms. The summed E-state index contributed by atoms with van der Waals surface area (Å²) in [4.78, 5) is 18.0. The third kappa shape index (κ3) is 3.55. The van der Waals surface area contributed by atoms with Gasteiger partial charge in [0.2, 0.25) is 0 Å². The lowest BCUT2D eigenvalue weighted by Crippen LogP contribution is -2.22. The van der Waals surface area contributed by atoms with Crippen LogP contribution in [-0.2, 0) is 13.0 Å². The zero-order valence-electron chi connectivity index (χ0n) is 13.4. The lowest BCUT2D eigenvalue weighted by atomic mass is 10.2. The highest BCUT2D eigenvalue weighted by atomic mass is 32.2. The summed E-state index contributed by atoms with van der Waals surface area (Å²) in [6.07, 6.45) is 2.63. The summed E-state index contributed by atoms with van der Waals surface area (Å²) in [5.41, 5.74) is 1.24. The van der Waals surface area contributed by atoms with Gasteiger partial charge in [0.05, 0.1) is 12.5 Å². The van der Waals surface area contributed by atoms with Gasteiger partial charge in [-0.05, 0) is 35.6 Å². The van der Waals surface area contributed by atoms with E-state index in [1.165, 1.54) is 16.9 Å². The van der Waals surface area contributed by atoms with Crippen molar-refractivity contribution in [2.24, 2.45) is 0 Å². The van der Waals surface area contributed by atoms with Crippen LogP contribution in [0.3, 0.4) is 0 Å². The first kappa shape index (κ1) is 16.8. The zero-order chi connectivity index (χ0) is 16.9. The highest BCUT2D eigenvalue weighted by Crippen LogP contribution is 2.22. The predicted molar refractivity (Wildman–Crippen MR) is 101 cm³/mol. The van der Waals surface area contributed by atoms with Crippen LogP contribution in [0.15, 0.2) is 58.3 Å². The van der Waals surface area contributed by atoms with Gasteiger partial charge in [-0.1, -0.05) is 30.0 Å². The molecule has 2 aromatic heterocycles. The molecule has 2 heterocycles. The second-order valence-electron chi connectivity index (χ2n) is 5.18. The lowest BCUT2D eigenvalue weighted by Gasteiger charge is -2.10. The molecule has 0 atom stereocenters. The Hall–Kier alpha value is -2.05. The number of benzene rings is 1. The number of ether oxygens (including phenoxy) is 1. The van der Waals surface area contributed by atoms with Crippen LogP contribution < -0.4 is 10.3 Å². The Morgan fingerprint density at radius 1 is 1.33 bits per heavy atom. The first-order valence-electron chi connectivity index (χ1n) is 7.57. The summed E-state index contributed by atoms with van der Waals surface area (Å²) >= 11 is 3.10. The number of methoxy groups -OCH3 is 1. The number of aryl methyl sites for hydroxylation is 1. The van der Waals surface area contributed by atoms with Gasteiger partial charge in [0.25, 0.3) is 5.56 Å². The SMILES string of the molecule is C=CCn1c(SCCc2ccc(OC)cc2)nc2sccc2c1=O. The molecule has 0 aliphatic heterocycles. The van der Waals surface area contributed by atoms with E-state index >= 15 is 0 Å². The molecule has 6 heteroatoms. The van der Waals surface area contributed by atoms with Crippen molar-refractivity contribution in [3.63, 3.8) is 0 Å². The molecule has 0 amide bonds. The van der Waals surface area contributed by atoms with E-state index in [1.54, 1.807) is 29.5 Å². The highest BCUT2D eigenvalue weighted by molar-refractivity contribution is 7.99. The van der Waals surface area contributed by atoms with Gasteiger partial charge in [-0.2, -0.15) is 0 Å². The Morgan fingerprint density at radius 3 is 2.83 bits per heavy atom. The number of fused-ring (bicyclic) bond motifs is 1. The maximum absolute atomic E-state index is 12.6. The number of thioether (sulfide) groups is 1. The van der Waals surface area contributed by atoms with Crippen molar-refractivity contribution < 1.29 is 4.74 Å². The van der Waals surface area contributed by atoms with Crippen LogP contribution in [-0.4, -0.2) is 22.4 Å². The monoisotopic (exact) mass is 358 g/mol. The summed E-state index contributed by atoms with van der Waals surface area (Å²) in [6, 6.07) is 9.88. The number of rotatable bonds is 7. The van der Waals surface area contributed by atoms with E-state index in [-0.39, 0.29) is 5.56 Å². The Morgan fingerprint density at radius 2 is 2.12 bits per heavy atom. The molecule has 0 aliphatic rings. The third-order valence-corrected chi connectivity index (χ3v) is 5.43. The largest absolute Gasteiger partial charge is 0.497 e. The zero-order valence-corrected chi connectivity index (χ0v) is 15.0. The number of allylic oxidation sites excluding steroid dienone is 1. The minimum atomic E-state index is 0.00750. The number of aromatic nitrogens is 2. The van der Waals surface area contributed by atoms with E-state index in [1.807, 2.05) is 23.6 Å². The van der Waals surface area contributed by atoms with Gasteiger partial charge in [-0.25, -0.2) is 4.98 Å². The van der Waals surface area contributed by atoms with Crippen LogP contribution in [0.1, 0.15) is 5.56 Å². The normalized spacial score (nSPS) is 10.9. The van der Waals surface area contributed by atoms with Crippen LogP contribution in [0.5, 0.6) is 5.75 Å². The Kier molecular flexibility index (Phi) is 5.37. The molecule has 0 aliphatic carbocycles. The molecule has 3 aromatic rings. The average molecular weight is 358 g/mol. The van der Waals surface area contributed by atoms with Gasteiger partial charge < -0.3 is 4.74 Å². The van der Waals surface area contributed by atoms with Gasteiger partial charge in [0.1, 0.15) is 10.6 Å². The quantitative estimate of drug-likeness (QED) is 0.364. The van der Waals surface area contributed by atoms with Crippen molar-refractivity contribution in [3.05, 3.63) is 64.3 Å². The Bertz CT molecular complexity index is 898. The average Bonchev–Trinajstić information content (AvgIpc) is 3.07. The van der Waals surface area contributed by atoms with Crippen molar-refractivity contribution in [1.82, 2.24) is 9.55 Å². The van der Waals surface area contributed by atoms with Crippen molar-refractivity contribution in [3.8, 4) is 5.75 Å². The van der Waals surface area contributed by atoms with Gasteiger partial charge >= 0.3 is 0 Å². The molecular weight excluding hydrogens is 340 g/mol. The van der Waals surface area contributed by atoms with E-state index in [2.05, 4.69) is 23.7 Å². The van der Waals surface area contributed by atoms with Crippen LogP contribution in [0.4, 0.5) is 0 Å². The smallest absolute Gasteiger partial charge is 0.263 e. The maximum atomic E-state index is 12.6. The number of hydrogen-bond acceptors (Lipinski definition) is 5. The standard InChI is InChI=1S/C18H18N2O2S2/c1-3-10-20-17(21)15-9-12-23-16(15)19-18(20)24-11-8-13-4-6-14(22-2)7-5-13/h3-7,9,12H,1,8,10-11H2,2H3. The Labute approximate surface area is 148 Å². The summed E-state index contributed by atoms with van der Waals surface area (Å²) in [5.74, 6) is 1.71. The third-order valence-electron chi connectivity index (χ3n) is 3.64. The van der Waals surface area contributed by atoms with Crippen LogP contribution in [0.25, 0.3) is 10.2 Å². The fourth-order valence-electron chi connectivity index (χ4n) is 2.38. The molecule has 124 valence electrons. The fraction of sp³-hybridized carbons (Fsp3) is 0.222. The first-order valence-corrected chi connectivity index (χ1v) is 9.44. The highest BCUT2D eigenvalue weighted by Gasteiger charge is 2.11. The van der Waals surface area contributed by atoms with Crippen LogP contribution in [0.2, 0.25) is 0 Å². The topological polar surface area (TPSA) is 44.1 Å². The second kappa shape index (κ2) is 7.68. The molecule has 0 unspecified atom stereocenters. The Balaban J connectivity index is 1.77. The van der Waals surface area contributed by atoms with Gasteiger partial charge in [0, 0.05) is 12.3 Å². The molecule has 0 N–H and O–H groups in total. The molecule has 0 fully saturated rings. The van der Waals surface area contributed by atoms with Crippen molar-refractivity contribution in [2.75, 3.05) is 12.9 Å². The fourth-order valence-corrected chi connectivity index (χ4v) is 4.18. The number of thiophene rings is 1. The predicted octanol–water partition coefficient (Wildman–Crippen LogP) is 3.99. The summed E-state index contributed by atoms with van der Waals surface area (Å²) in [5, 5.41) is 3.34. The minimum absolute atomic E-state index is 0.00750. The maximum Gasteiger partial charge on any atom is 0.263 e. The van der Waals surface area contributed by atoms with Crippen LogP contribution >= 0.6 is 23.1 Å². The van der Waals surface area contributed by atoms with Crippen LogP contribution in [0, 0.1) is 0 Å². The lowest BCUT2D eigenvalue weighted by molar-refractivity contribution is 0.414. The molecule has 0 saturated heterocycles. The van der Waals surface area contributed by atoms with E-state index in [4.69, 9.17) is 4.74 Å². The van der Waals surface area contributed by atoms with E-state index in [0.29, 0.717) is 11.9 Å². The number of hydrogen-bond donors (Lipinski definition) is 0. The molecule has 0 radical (unpaired) electrons. The molecule has 0 bridgehead atoms. The summed E-state index contributed by atoms with van der Waals surface area (Å²) in [7, 11) is 1.66. The van der Waals surface area contributed by atoms with Gasteiger partial charge in [-0.3, -0.25) is 9.36 Å².